The van der Waals surface area contributed by atoms with Crippen LogP contribution in [0.15, 0.2) is 30.3 Å². The molecular formula is C18H24ClN5O. The Hall–Kier alpha value is -1.92. The quantitative estimate of drug-likeness (QED) is 0.889. The second-order valence-electron chi connectivity index (χ2n) is 6.82. The molecule has 2 saturated heterocycles. The van der Waals surface area contributed by atoms with Crippen LogP contribution in [0, 0.1) is 18.8 Å². The molecule has 0 bridgehead atoms. The monoisotopic (exact) mass is 361 g/mol. The largest absolute Gasteiger partial charge is 0.337 e. The van der Waals surface area contributed by atoms with Gasteiger partial charge >= 0.3 is 0 Å². The Bertz CT molecular complexity index is 718. The molecule has 4 rings (SSSR count). The molecule has 2 aliphatic rings. The predicted octanol–water partition coefficient (Wildman–Crippen LogP) is 2.07. The van der Waals surface area contributed by atoms with Gasteiger partial charge in [-0.05, 0) is 56.8 Å². The maximum absolute atomic E-state index is 12.9. The summed E-state index contributed by atoms with van der Waals surface area (Å²) in [7, 11) is 0. The third-order valence-electron chi connectivity index (χ3n) is 5.40. The van der Waals surface area contributed by atoms with Gasteiger partial charge in [0.1, 0.15) is 0 Å². The minimum absolute atomic E-state index is 0. The molecule has 7 heteroatoms. The van der Waals surface area contributed by atoms with E-state index in [-0.39, 0.29) is 18.3 Å². The molecule has 1 aromatic heterocycles. The van der Waals surface area contributed by atoms with Crippen molar-refractivity contribution >= 4 is 18.3 Å². The number of rotatable bonds is 2. The zero-order chi connectivity index (χ0) is 16.5. The third kappa shape index (κ3) is 3.41. The lowest BCUT2D eigenvalue weighted by Crippen LogP contribution is -2.33. The van der Waals surface area contributed by atoms with Gasteiger partial charge in [0, 0.05) is 13.1 Å². The van der Waals surface area contributed by atoms with E-state index in [1.54, 1.807) is 4.68 Å². The third-order valence-corrected chi connectivity index (χ3v) is 5.40. The van der Waals surface area contributed by atoms with E-state index < -0.39 is 0 Å². The summed E-state index contributed by atoms with van der Waals surface area (Å²) in [5, 5.41) is 11.8. The van der Waals surface area contributed by atoms with Gasteiger partial charge in [0.2, 0.25) is 0 Å². The highest BCUT2D eigenvalue weighted by Gasteiger charge is 2.32. The number of carbonyl (C=O) groups is 1. The number of amides is 1. The molecule has 0 unspecified atom stereocenters. The summed E-state index contributed by atoms with van der Waals surface area (Å²) in [5.41, 5.74) is 2.21. The van der Waals surface area contributed by atoms with E-state index in [0.717, 1.165) is 50.4 Å². The number of carbonyl (C=O) groups excluding carboxylic acids is 1. The van der Waals surface area contributed by atoms with E-state index in [1.807, 2.05) is 42.2 Å². The molecule has 2 fully saturated rings. The minimum Gasteiger partial charge on any atom is -0.337 e. The Morgan fingerprint density at radius 3 is 2.40 bits per heavy atom. The van der Waals surface area contributed by atoms with Crippen molar-refractivity contribution in [3.63, 3.8) is 0 Å². The Morgan fingerprint density at radius 1 is 1.12 bits per heavy atom. The maximum Gasteiger partial charge on any atom is 0.276 e. The number of aromatic nitrogens is 3. The highest BCUT2D eigenvalue weighted by Crippen LogP contribution is 2.27. The lowest BCUT2D eigenvalue weighted by atomic mass is 9.92. The fourth-order valence-corrected chi connectivity index (χ4v) is 3.91. The molecule has 1 N–H and O–H groups in total. The SMILES string of the molecule is Cc1c(C(=O)N2CC[C@@H]3CNC[C@@H]3CC2)nnn1-c1ccccc1.Cl. The number of benzene rings is 1. The van der Waals surface area contributed by atoms with Crippen molar-refractivity contribution in [2.45, 2.75) is 19.8 Å². The second kappa shape index (κ2) is 7.54. The van der Waals surface area contributed by atoms with Gasteiger partial charge in [-0.3, -0.25) is 4.79 Å². The van der Waals surface area contributed by atoms with Crippen LogP contribution in [0.25, 0.3) is 5.69 Å². The normalized spacial score (nSPS) is 22.8. The molecule has 2 atom stereocenters. The lowest BCUT2D eigenvalue weighted by Gasteiger charge is -2.20. The topological polar surface area (TPSA) is 63.1 Å². The summed E-state index contributed by atoms with van der Waals surface area (Å²) in [4.78, 5) is 14.9. The Kier molecular flexibility index (Phi) is 5.39. The van der Waals surface area contributed by atoms with Crippen molar-refractivity contribution in [2.24, 2.45) is 11.8 Å². The van der Waals surface area contributed by atoms with Crippen molar-refractivity contribution in [3.05, 3.63) is 41.7 Å². The number of para-hydroxylation sites is 1. The Balaban J connectivity index is 0.00000182. The zero-order valence-electron chi connectivity index (χ0n) is 14.4. The van der Waals surface area contributed by atoms with E-state index in [9.17, 15) is 4.79 Å². The molecule has 0 radical (unpaired) electrons. The summed E-state index contributed by atoms with van der Waals surface area (Å²) in [6.07, 6.45) is 2.16. The van der Waals surface area contributed by atoms with Crippen LogP contribution in [0.5, 0.6) is 0 Å². The molecule has 134 valence electrons. The molecule has 0 saturated carbocycles. The van der Waals surface area contributed by atoms with Crippen molar-refractivity contribution in [1.82, 2.24) is 25.2 Å². The van der Waals surface area contributed by atoms with Crippen molar-refractivity contribution < 1.29 is 4.79 Å². The molecule has 2 aliphatic heterocycles. The summed E-state index contributed by atoms with van der Waals surface area (Å²) in [5.74, 6) is 1.44. The average molecular weight is 362 g/mol. The van der Waals surface area contributed by atoms with Crippen molar-refractivity contribution in [2.75, 3.05) is 26.2 Å². The van der Waals surface area contributed by atoms with Gasteiger partial charge in [0.15, 0.2) is 5.69 Å². The van der Waals surface area contributed by atoms with Gasteiger partial charge in [0.25, 0.3) is 5.91 Å². The van der Waals surface area contributed by atoms with E-state index in [2.05, 4.69) is 15.6 Å². The fourth-order valence-electron chi connectivity index (χ4n) is 3.91. The van der Waals surface area contributed by atoms with E-state index in [1.165, 1.54) is 0 Å². The average Bonchev–Trinajstić information content (AvgIpc) is 3.16. The Morgan fingerprint density at radius 2 is 1.76 bits per heavy atom. The molecule has 0 spiro atoms. The highest BCUT2D eigenvalue weighted by molar-refractivity contribution is 5.93. The van der Waals surface area contributed by atoms with Crippen LogP contribution < -0.4 is 5.32 Å². The number of likely N-dealkylation sites (tertiary alicyclic amines) is 1. The van der Waals surface area contributed by atoms with Crippen LogP contribution in [0.2, 0.25) is 0 Å². The summed E-state index contributed by atoms with van der Waals surface area (Å²) < 4.78 is 1.74. The van der Waals surface area contributed by atoms with E-state index in [4.69, 9.17) is 0 Å². The first-order valence-electron chi connectivity index (χ1n) is 8.72. The molecule has 6 nitrogen and oxygen atoms in total. The zero-order valence-corrected chi connectivity index (χ0v) is 15.2. The van der Waals surface area contributed by atoms with Gasteiger partial charge in [-0.1, -0.05) is 23.4 Å². The molecular weight excluding hydrogens is 338 g/mol. The van der Waals surface area contributed by atoms with Crippen LogP contribution in [0.1, 0.15) is 29.0 Å². The van der Waals surface area contributed by atoms with Crippen molar-refractivity contribution in [3.8, 4) is 5.69 Å². The summed E-state index contributed by atoms with van der Waals surface area (Å²) in [6, 6.07) is 9.82. The Labute approximate surface area is 154 Å². The number of nitrogens with one attached hydrogen (secondary N) is 1. The van der Waals surface area contributed by atoms with E-state index >= 15 is 0 Å². The molecule has 3 heterocycles. The standard InChI is InChI=1S/C18H23N5O.ClH/c1-13-17(20-21-23(13)16-5-3-2-4-6-16)18(24)22-9-7-14-11-19-12-15(14)8-10-22;/h2-6,14-15,19H,7-12H2,1H3;1H/t14-,15+;. The summed E-state index contributed by atoms with van der Waals surface area (Å²) in [6.45, 7) is 5.74. The van der Waals surface area contributed by atoms with Crippen LogP contribution in [0.3, 0.4) is 0 Å². The number of hydrogen-bond acceptors (Lipinski definition) is 4. The van der Waals surface area contributed by atoms with Crippen LogP contribution >= 0.6 is 12.4 Å². The van der Waals surface area contributed by atoms with Crippen LogP contribution in [-0.2, 0) is 0 Å². The van der Waals surface area contributed by atoms with E-state index in [0.29, 0.717) is 17.5 Å². The first-order chi connectivity index (χ1) is 11.7. The van der Waals surface area contributed by atoms with Gasteiger partial charge in [-0.2, -0.15) is 0 Å². The summed E-state index contributed by atoms with van der Waals surface area (Å²) >= 11 is 0. The lowest BCUT2D eigenvalue weighted by molar-refractivity contribution is 0.0751. The van der Waals surface area contributed by atoms with Crippen molar-refractivity contribution in [1.29, 1.82) is 0 Å². The van der Waals surface area contributed by atoms with Gasteiger partial charge < -0.3 is 10.2 Å². The smallest absolute Gasteiger partial charge is 0.276 e. The van der Waals surface area contributed by atoms with Gasteiger partial charge in [-0.15, -0.1) is 17.5 Å². The first kappa shape index (κ1) is 17.9. The van der Waals surface area contributed by atoms with Gasteiger partial charge in [-0.25, -0.2) is 4.68 Å². The number of fused-ring (bicyclic) bond motifs is 1. The first-order valence-corrected chi connectivity index (χ1v) is 8.72. The maximum atomic E-state index is 12.9. The number of halogens is 1. The van der Waals surface area contributed by atoms with Crippen LogP contribution in [-0.4, -0.2) is 52.0 Å². The second-order valence-corrected chi connectivity index (χ2v) is 6.82. The fraction of sp³-hybridized carbons (Fsp3) is 0.500. The molecule has 1 aromatic carbocycles. The number of hydrogen-bond donors (Lipinski definition) is 1. The molecule has 25 heavy (non-hydrogen) atoms. The minimum atomic E-state index is 0. The molecule has 0 aliphatic carbocycles. The molecule has 2 aromatic rings. The van der Waals surface area contributed by atoms with Crippen LogP contribution in [0.4, 0.5) is 0 Å². The molecule has 1 amide bonds. The predicted molar refractivity (Wildman–Crippen MR) is 98.3 cm³/mol. The highest BCUT2D eigenvalue weighted by atomic mass is 35.5. The van der Waals surface area contributed by atoms with Gasteiger partial charge in [0.05, 0.1) is 11.4 Å². The number of nitrogens with zero attached hydrogens (tertiary/aromatic N) is 4.